The molecule has 0 unspecified atom stereocenters. The Bertz CT molecular complexity index is 825. The summed E-state index contributed by atoms with van der Waals surface area (Å²) in [7, 11) is 0. The molecule has 1 N–H and O–H groups in total. The van der Waals surface area contributed by atoms with Crippen molar-refractivity contribution < 1.29 is 14.3 Å². The summed E-state index contributed by atoms with van der Waals surface area (Å²) in [6.07, 6.45) is 2.09. The van der Waals surface area contributed by atoms with E-state index >= 15 is 0 Å². The van der Waals surface area contributed by atoms with Crippen molar-refractivity contribution in [2.45, 2.75) is 39.0 Å². The lowest BCUT2D eigenvalue weighted by molar-refractivity contribution is -0.138. The highest BCUT2D eigenvalue weighted by Gasteiger charge is 2.38. The minimum absolute atomic E-state index is 0.0670. The van der Waals surface area contributed by atoms with Crippen LogP contribution in [0, 0.1) is 11.3 Å². The average Bonchev–Trinajstić information content (AvgIpc) is 2.61. The summed E-state index contributed by atoms with van der Waals surface area (Å²) in [5, 5.41) is 12.3. The lowest BCUT2D eigenvalue weighted by Crippen LogP contribution is -2.34. The van der Waals surface area contributed by atoms with Gasteiger partial charge < -0.3 is 10.1 Å². The Morgan fingerprint density at radius 1 is 1.32 bits per heavy atom. The van der Waals surface area contributed by atoms with Gasteiger partial charge in [0.1, 0.15) is 0 Å². The molecule has 5 nitrogen and oxygen atoms in total. The number of carbonyl (C=O) groups is 2. The summed E-state index contributed by atoms with van der Waals surface area (Å²) in [6, 6.07) is 9.14. The summed E-state index contributed by atoms with van der Waals surface area (Å²) in [6.45, 7) is 3.87. The van der Waals surface area contributed by atoms with Crippen LogP contribution in [0.1, 0.15) is 50.2 Å². The highest BCUT2D eigenvalue weighted by Crippen LogP contribution is 2.42. The molecule has 0 radical (unpaired) electrons. The van der Waals surface area contributed by atoms with E-state index in [2.05, 4.69) is 11.4 Å². The van der Waals surface area contributed by atoms with Crippen molar-refractivity contribution in [3.63, 3.8) is 0 Å². The van der Waals surface area contributed by atoms with Crippen molar-refractivity contribution in [3.05, 3.63) is 57.9 Å². The third-order valence-corrected chi connectivity index (χ3v) is 4.64. The molecule has 1 aromatic rings. The fraction of sp³-hybridized carbons (Fsp3) is 0.350. The van der Waals surface area contributed by atoms with E-state index in [1.54, 1.807) is 19.1 Å². The molecule has 1 aliphatic carbocycles. The van der Waals surface area contributed by atoms with Gasteiger partial charge in [-0.2, -0.15) is 5.26 Å². The van der Waals surface area contributed by atoms with Crippen molar-refractivity contribution in [3.8, 4) is 6.07 Å². The third kappa shape index (κ3) is 3.08. The van der Waals surface area contributed by atoms with Crippen LogP contribution in [0.5, 0.6) is 0 Å². The molecule has 0 fully saturated rings. The molecular formula is C20H20N2O3. The first-order chi connectivity index (χ1) is 12.1. The van der Waals surface area contributed by atoms with Crippen molar-refractivity contribution in [2.24, 2.45) is 0 Å². The second-order valence-electron chi connectivity index (χ2n) is 6.22. The van der Waals surface area contributed by atoms with E-state index in [1.165, 1.54) is 0 Å². The van der Waals surface area contributed by atoms with Crippen LogP contribution in [0.15, 0.2) is 46.8 Å². The van der Waals surface area contributed by atoms with E-state index in [9.17, 15) is 9.59 Å². The van der Waals surface area contributed by atoms with E-state index in [-0.39, 0.29) is 12.4 Å². The van der Waals surface area contributed by atoms with Crippen LogP contribution in [-0.2, 0) is 14.3 Å². The first-order valence-electron chi connectivity index (χ1n) is 8.48. The topological polar surface area (TPSA) is 79.2 Å². The molecule has 1 heterocycles. The minimum Gasteiger partial charge on any atom is -0.463 e. The molecule has 1 aliphatic heterocycles. The zero-order valence-electron chi connectivity index (χ0n) is 14.4. The number of dihydropyridines is 1. The van der Waals surface area contributed by atoms with Gasteiger partial charge in [-0.25, -0.2) is 4.79 Å². The highest BCUT2D eigenvalue weighted by atomic mass is 16.5. The molecule has 1 aromatic carbocycles. The Morgan fingerprint density at radius 2 is 2.04 bits per heavy atom. The number of Topliss-reactive ketones (excluding diaryl/α,β-unsaturated/α-hetero) is 1. The molecule has 1 atom stereocenters. The molecule has 5 heteroatoms. The predicted molar refractivity (Wildman–Crippen MR) is 92.3 cm³/mol. The quantitative estimate of drug-likeness (QED) is 0.858. The molecule has 25 heavy (non-hydrogen) atoms. The molecule has 0 spiro atoms. The van der Waals surface area contributed by atoms with Crippen LogP contribution in [0.2, 0.25) is 0 Å². The second kappa shape index (κ2) is 6.94. The number of benzene rings is 1. The number of ether oxygens (including phenoxy) is 1. The Morgan fingerprint density at radius 3 is 2.68 bits per heavy atom. The molecule has 3 rings (SSSR count). The van der Waals surface area contributed by atoms with Crippen LogP contribution >= 0.6 is 0 Å². The Balaban J connectivity index is 2.15. The van der Waals surface area contributed by atoms with Gasteiger partial charge in [0.15, 0.2) is 5.78 Å². The molecule has 128 valence electrons. The average molecular weight is 336 g/mol. The minimum atomic E-state index is -0.448. The molecule has 0 saturated carbocycles. The summed E-state index contributed by atoms with van der Waals surface area (Å²) >= 11 is 0. The maximum absolute atomic E-state index is 12.6. The summed E-state index contributed by atoms with van der Waals surface area (Å²) in [5.74, 6) is -0.792. The largest absolute Gasteiger partial charge is 0.463 e. The van der Waals surface area contributed by atoms with Crippen molar-refractivity contribution >= 4 is 11.8 Å². The first kappa shape index (κ1) is 17.0. The normalized spacial score (nSPS) is 19.9. The monoisotopic (exact) mass is 336 g/mol. The number of ketones is 1. The van der Waals surface area contributed by atoms with Gasteiger partial charge in [-0.1, -0.05) is 12.1 Å². The van der Waals surface area contributed by atoms with Crippen molar-refractivity contribution in [1.82, 2.24) is 5.32 Å². The molecular weight excluding hydrogens is 316 g/mol. The number of esters is 1. The van der Waals surface area contributed by atoms with Crippen molar-refractivity contribution in [1.29, 1.82) is 5.26 Å². The molecule has 0 amide bonds. The van der Waals surface area contributed by atoms with Gasteiger partial charge >= 0.3 is 5.97 Å². The van der Waals surface area contributed by atoms with Gasteiger partial charge in [0.25, 0.3) is 0 Å². The number of allylic oxidation sites excluding steroid dienone is 3. The molecule has 0 bridgehead atoms. The Hall–Kier alpha value is -2.87. The fourth-order valence-electron chi connectivity index (χ4n) is 3.55. The van der Waals surface area contributed by atoms with E-state index in [0.29, 0.717) is 23.1 Å². The van der Waals surface area contributed by atoms with E-state index < -0.39 is 11.9 Å². The fourth-order valence-corrected chi connectivity index (χ4v) is 3.55. The van der Waals surface area contributed by atoms with Crippen LogP contribution < -0.4 is 5.32 Å². The Labute approximate surface area is 147 Å². The molecule has 0 saturated heterocycles. The maximum atomic E-state index is 12.6. The van der Waals surface area contributed by atoms with E-state index in [0.717, 1.165) is 29.8 Å². The number of hydrogen-bond donors (Lipinski definition) is 1. The van der Waals surface area contributed by atoms with Gasteiger partial charge in [0.2, 0.25) is 0 Å². The first-order valence-corrected chi connectivity index (χ1v) is 8.48. The number of hydrogen-bond acceptors (Lipinski definition) is 5. The molecule has 0 aromatic heterocycles. The zero-order chi connectivity index (χ0) is 18.0. The number of carbonyl (C=O) groups excluding carboxylic acids is 2. The van der Waals surface area contributed by atoms with Crippen LogP contribution in [-0.4, -0.2) is 18.4 Å². The lowest BCUT2D eigenvalue weighted by Gasteiger charge is -2.34. The standard InChI is InChI=1S/C20H20N2O3/c1-3-25-20(24)17-12(2)22-15-5-4-6-16(23)19(15)18(17)14-9-7-13(11-21)8-10-14/h7-10,18,22H,3-6H2,1-2H3/t18-/m0/s1. The number of rotatable bonds is 3. The number of nitrogens with zero attached hydrogens (tertiary/aromatic N) is 1. The molecule has 2 aliphatic rings. The number of nitrogens with one attached hydrogen (secondary N) is 1. The SMILES string of the molecule is CCOC(=O)C1=C(C)NC2=C(C(=O)CCC2)[C@H]1c1ccc(C#N)cc1. The number of nitriles is 1. The summed E-state index contributed by atoms with van der Waals surface area (Å²) in [4.78, 5) is 25.2. The van der Waals surface area contributed by atoms with Gasteiger partial charge in [-0.05, 0) is 44.4 Å². The predicted octanol–water partition coefficient (Wildman–Crippen LogP) is 3.09. The van der Waals surface area contributed by atoms with E-state index in [4.69, 9.17) is 10.00 Å². The Kier molecular flexibility index (Phi) is 4.71. The summed E-state index contributed by atoms with van der Waals surface area (Å²) < 4.78 is 5.24. The highest BCUT2D eigenvalue weighted by molar-refractivity contribution is 6.03. The van der Waals surface area contributed by atoms with Gasteiger partial charge in [0, 0.05) is 29.3 Å². The van der Waals surface area contributed by atoms with Gasteiger partial charge in [0.05, 0.1) is 23.8 Å². The van der Waals surface area contributed by atoms with Gasteiger partial charge in [-0.15, -0.1) is 0 Å². The second-order valence-corrected chi connectivity index (χ2v) is 6.22. The van der Waals surface area contributed by atoms with Gasteiger partial charge in [-0.3, -0.25) is 4.79 Å². The zero-order valence-corrected chi connectivity index (χ0v) is 14.4. The smallest absolute Gasteiger partial charge is 0.336 e. The lowest BCUT2D eigenvalue weighted by atomic mass is 9.75. The van der Waals surface area contributed by atoms with Crippen LogP contribution in [0.4, 0.5) is 0 Å². The maximum Gasteiger partial charge on any atom is 0.336 e. The summed E-state index contributed by atoms with van der Waals surface area (Å²) in [5.41, 5.74) is 4.12. The third-order valence-electron chi connectivity index (χ3n) is 4.64. The van der Waals surface area contributed by atoms with E-state index in [1.807, 2.05) is 19.1 Å². The van der Waals surface area contributed by atoms with Crippen LogP contribution in [0.25, 0.3) is 0 Å². The van der Waals surface area contributed by atoms with Crippen molar-refractivity contribution in [2.75, 3.05) is 6.61 Å². The van der Waals surface area contributed by atoms with Crippen LogP contribution in [0.3, 0.4) is 0 Å².